The van der Waals surface area contributed by atoms with Crippen molar-refractivity contribution in [3.05, 3.63) is 24.3 Å². The van der Waals surface area contributed by atoms with Gasteiger partial charge in [-0.25, -0.2) is 0 Å². The van der Waals surface area contributed by atoms with E-state index in [0.717, 1.165) is 24.3 Å². The van der Waals surface area contributed by atoms with Gasteiger partial charge in [0.05, 0.1) is 17.4 Å². The van der Waals surface area contributed by atoms with Crippen LogP contribution in [0.15, 0.2) is 24.3 Å². The van der Waals surface area contributed by atoms with Crippen LogP contribution in [0.5, 0.6) is 0 Å². The number of para-hydroxylation sites is 2. The van der Waals surface area contributed by atoms with Crippen LogP contribution in [0.2, 0.25) is 0 Å². The number of amides is 1. The molecule has 1 aliphatic rings. The lowest BCUT2D eigenvalue weighted by molar-refractivity contribution is -0.120. The molecule has 0 saturated heterocycles. The van der Waals surface area contributed by atoms with Gasteiger partial charge in [0.15, 0.2) is 0 Å². The van der Waals surface area contributed by atoms with E-state index in [0.29, 0.717) is 12.5 Å². The number of carbonyl (C=O) groups is 1. The summed E-state index contributed by atoms with van der Waals surface area (Å²) in [4.78, 5) is 16.5. The maximum absolute atomic E-state index is 12.5. The average molecular weight is 261 g/mol. The van der Waals surface area contributed by atoms with Gasteiger partial charge < -0.3 is 15.5 Å². The Hall–Kier alpha value is -1.55. The normalized spacial score (nSPS) is 16.5. The van der Waals surface area contributed by atoms with E-state index >= 15 is 0 Å². The zero-order valence-corrected chi connectivity index (χ0v) is 12.0. The van der Waals surface area contributed by atoms with Crippen molar-refractivity contribution in [3.8, 4) is 0 Å². The zero-order chi connectivity index (χ0) is 14.0. The van der Waals surface area contributed by atoms with Gasteiger partial charge in [0, 0.05) is 20.1 Å². The lowest BCUT2D eigenvalue weighted by Gasteiger charge is -2.36. The molecule has 1 aromatic carbocycles. The van der Waals surface area contributed by atoms with Gasteiger partial charge in [-0.2, -0.15) is 0 Å². The number of hydrogen-bond acceptors (Lipinski definition) is 3. The minimum Gasteiger partial charge on any atom is -0.371 e. The summed E-state index contributed by atoms with van der Waals surface area (Å²) in [5.74, 6) is 0.468. The fraction of sp³-hybridized carbons (Fsp3) is 0.533. The van der Waals surface area contributed by atoms with Crippen LogP contribution in [0.1, 0.15) is 20.3 Å². The first-order chi connectivity index (χ1) is 9.00. The van der Waals surface area contributed by atoms with Gasteiger partial charge in [-0.15, -0.1) is 0 Å². The third-order valence-corrected chi connectivity index (χ3v) is 3.55. The van der Waals surface area contributed by atoms with Gasteiger partial charge in [-0.1, -0.05) is 26.0 Å². The largest absolute Gasteiger partial charge is 0.371 e. The minimum absolute atomic E-state index is 0.0363. The summed E-state index contributed by atoms with van der Waals surface area (Å²) in [6.07, 6.45) is 0.730. The highest BCUT2D eigenvalue weighted by atomic mass is 16.2. The Morgan fingerprint density at radius 3 is 2.53 bits per heavy atom. The van der Waals surface area contributed by atoms with Crippen LogP contribution < -0.4 is 15.5 Å². The lowest BCUT2D eigenvalue weighted by atomic mass is 10.0. The number of anilines is 2. The number of fused-ring (bicyclic) bond motifs is 1. The third-order valence-electron chi connectivity index (χ3n) is 3.55. The summed E-state index contributed by atoms with van der Waals surface area (Å²) < 4.78 is 0. The molecule has 0 aliphatic carbocycles. The zero-order valence-electron chi connectivity index (χ0n) is 12.0. The number of hydrogen-bond donors (Lipinski definition) is 1. The van der Waals surface area contributed by atoms with Gasteiger partial charge in [0.2, 0.25) is 5.91 Å². The topological polar surface area (TPSA) is 49.6 Å². The average Bonchev–Trinajstić information content (AvgIpc) is 2.38. The van der Waals surface area contributed by atoms with Crippen molar-refractivity contribution in [2.45, 2.75) is 26.3 Å². The Balaban J connectivity index is 2.22. The van der Waals surface area contributed by atoms with Crippen molar-refractivity contribution in [1.29, 1.82) is 0 Å². The molecular weight excluding hydrogens is 238 g/mol. The molecule has 4 nitrogen and oxygen atoms in total. The first-order valence-electron chi connectivity index (χ1n) is 6.88. The van der Waals surface area contributed by atoms with Gasteiger partial charge in [-0.3, -0.25) is 4.79 Å². The highest BCUT2D eigenvalue weighted by Crippen LogP contribution is 2.32. The quantitative estimate of drug-likeness (QED) is 0.903. The molecule has 1 atom stereocenters. The van der Waals surface area contributed by atoms with Crippen molar-refractivity contribution in [1.82, 2.24) is 0 Å². The van der Waals surface area contributed by atoms with E-state index < -0.39 is 6.04 Å². The van der Waals surface area contributed by atoms with Crippen LogP contribution in [0.3, 0.4) is 0 Å². The predicted molar refractivity (Wildman–Crippen MR) is 79.5 cm³/mol. The SMILES string of the molecule is CC(C)CC(N)C(=O)N1CCN(C)c2ccccc21. The summed E-state index contributed by atoms with van der Waals surface area (Å²) in [7, 11) is 2.05. The minimum atomic E-state index is -0.406. The standard InChI is InChI=1S/C15H23N3O/c1-11(2)10-12(16)15(19)18-9-8-17(3)13-6-4-5-7-14(13)18/h4-7,11-12H,8-10,16H2,1-3H3. The number of rotatable bonds is 3. The second-order valence-corrected chi connectivity index (χ2v) is 5.64. The van der Waals surface area contributed by atoms with E-state index in [-0.39, 0.29) is 5.91 Å². The number of nitrogens with two attached hydrogens (primary N) is 1. The molecule has 2 rings (SSSR count). The van der Waals surface area contributed by atoms with Crippen LogP contribution in [-0.4, -0.2) is 32.1 Å². The predicted octanol–water partition coefficient (Wildman–Crippen LogP) is 1.84. The van der Waals surface area contributed by atoms with Crippen molar-refractivity contribution in [2.24, 2.45) is 11.7 Å². The van der Waals surface area contributed by atoms with E-state index in [1.54, 1.807) is 0 Å². The molecule has 0 radical (unpaired) electrons. The Kier molecular flexibility index (Phi) is 4.10. The lowest BCUT2D eigenvalue weighted by Crippen LogP contribution is -2.49. The molecule has 0 spiro atoms. The van der Waals surface area contributed by atoms with Gasteiger partial charge in [0.1, 0.15) is 0 Å². The molecule has 1 heterocycles. The van der Waals surface area contributed by atoms with Crippen molar-refractivity contribution in [3.63, 3.8) is 0 Å². The molecule has 1 unspecified atom stereocenters. The Morgan fingerprint density at radius 2 is 1.89 bits per heavy atom. The molecule has 1 aliphatic heterocycles. The van der Waals surface area contributed by atoms with E-state index in [9.17, 15) is 4.79 Å². The van der Waals surface area contributed by atoms with Crippen LogP contribution in [-0.2, 0) is 4.79 Å². The summed E-state index contributed by atoms with van der Waals surface area (Å²) in [5.41, 5.74) is 8.10. The first kappa shape index (κ1) is 13.9. The highest BCUT2D eigenvalue weighted by Gasteiger charge is 2.28. The fourth-order valence-corrected chi connectivity index (χ4v) is 2.54. The molecule has 4 heteroatoms. The van der Waals surface area contributed by atoms with Gasteiger partial charge in [0.25, 0.3) is 0 Å². The number of nitrogens with zero attached hydrogens (tertiary/aromatic N) is 2. The number of benzene rings is 1. The van der Waals surface area contributed by atoms with Gasteiger partial charge in [-0.05, 0) is 24.5 Å². The Morgan fingerprint density at radius 1 is 1.26 bits per heavy atom. The molecule has 104 valence electrons. The summed E-state index contributed by atoms with van der Waals surface area (Å²) in [6, 6.07) is 7.59. The second kappa shape index (κ2) is 5.61. The first-order valence-corrected chi connectivity index (χ1v) is 6.88. The molecule has 1 aromatic rings. The van der Waals surface area contributed by atoms with Crippen molar-refractivity contribution < 1.29 is 4.79 Å². The summed E-state index contributed by atoms with van der Waals surface area (Å²) >= 11 is 0. The second-order valence-electron chi connectivity index (χ2n) is 5.64. The van der Waals surface area contributed by atoms with E-state index in [1.165, 1.54) is 0 Å². The van der Waals surface area contributed by atoms with E-state index in [4.69, 9.17) is 5.73 Å². The summed E-state index contributed by atoms with van der Waals surface area (Å²) in [5, 5.41) is 0. The molecule has 0 bridgehead atoms. The van der Waals surface area contributed by atoms with Crippen molar-refractivity contribution in [2.75, 3.05) is 29.9 Å². The van der Waals surface area contributed by atoms with E-state index in [1.807, 2.05) is 29.2 Å². The smallest absolute Gasteiger partial charge is 0.244 e. The molecule has 0 aromatic heterocycles. The van der Waals surface area contributed by atoms with Crippen LogP contribution >= 0.6 is 0 Å². The van der Waals surface area contributed by atoms with Crippen molar-refractivity contribution >= 4 is 17.3 Å². The fourth-order valence-electron chi connectivity index (χ4n) is 2.54. The highest BCUT2D eigenvalue weighted by molar-refractivity contribution is 6.00. The molecule has 19 heavy (non-hydrogen) atoms. The Labute approximate surface area is 115 Å². The molecule has 1 amide bonds. The molecule has 2 N–H and O–H groups in total. The maximum atomic E-state index is 12.5. The number of likely N-dealkylation sites (N-methyl/N-ethyl adjacent to an activating group) is 1. The summed E-state index contributed by atoms with van der Waals surface area (Å²) in [6.45, 7) is 5.73. The monoisotopic (exact) mass is 261 g/mol. The van der Waals surface area contributed by atoms with Gasteiger partial charge >= 0.3 is 0 Å². The van der Waals surface area contributed by atoms with Crippen LogP contribution in [0.25, 0.3) is 0 Å². The van der Waals surface area contributed by atoms with Crippen LogP contribution in [0, 0.1) is 5.92 Å². The third kappa shape index (κ3) is 2.89. The molecular formula is C15H23N3O. The number of carbonyl (C=O) groups excluding carboxylic acids is 1. The maximum Gasteiger partial charge on any atom is 0.244 e. The molecule has 0 saturated carbocycles. The van der Waals surface area contributed by atoms with Crippen LogP contribution in [0.4, 0.5) is 11.4 Å². The van der Waals surface area contributed by atoms with E-state index in [2.05, 4.69) is 25.8 Å². The molecule has 0 fully saturated rings. The Bertz CT molecular complexity index is 458.